The van der Waals surface area contributed by atoms with Gasteiger partial charge in [0.1, 0.15) is 0 Å². The zero-order valence-electron chi connectivity index (χ0n) is 10.7. The molecule has 0 saturated carbocycles. The van der Waals surface area contributed by atoms with Crippen molar-refractivity contribution in [3.05, 3.63) is 29.3 Å². The number of carbonyl (C=O) groups excluding carboxylic acids is 1. The monoisotopic (exact) mass is 267 g/mol. The Morgan fingerprint density at radius 3 is 2.89 bits per heavy atom. The van der Waals surface area contributed by atoms with E-state index in [4.69, 9.17) is 11.6 Å². The number of anilines is 1. The standard InChI is InChI=1S/C13H18ClN3O/c1-10-9-17(7-6-16(10)2)13(18)15-12-5-3-4-11(14)8-12/h3-5,8,10H,6-7,9H2,1-2H3,(H,15,18). The zero-order valence-corrected chi connectivity index (χ0v) is 11.4. The third-order valence-electron chi connectivity index (χ3n) is 3.32. The lowest BCUT2D eigenvalue weighted by Crippen LogP contribution is -2.53. The minimum absolute atomic E-state index is 0.0581. The quantitative estimate of drug-likeness (QED) is 0.849. The molecule has 1 N–H and O–H groups in total. The van der Waals surface area contributed by atoms with Crippen LogP contribution in [0, 0.1) is 0 Å². The summed E-state index contributed by atoms with van der Waals surface area (Å²) in [5.41, 5.74) is 0.735. The molecule has 1 fully saturated rings. The number of likely N-dealkylation sites (N-methyl/N-ethyl adjacent to an activating group) is 1. The van der Waals surface area contributed by atoms with E-state index in [0.29, 0.717) is 11.1 Å². The molecule has 4 nitrogen and oxygen atoms in total. The largest absolute Gasteiger partial charge is 0.322 e. The van der Waals surface area contributed by atoms with E-state index in [9.17, 15) is 4.79 Å². The Bertz CT molecular complexity index is 438. The molecule has 0 bridgehead atoms. The van der Waals surface area contributed by atoms with Gasteiger partial charge in [-0.15, -0.1) is 0 Å². The van der Waals surface area contributed by atoms with Gasteiger partial charge in [0.15, 0.2) is 0 Å². The number of benzene rings is 1. The topological polar surface area (TPSA) is 35.6 Å². The molecule has 2 amide bonds. The molecule has 1 aliphatic heterocycles. The maximum Gasteiger partial charge on any atom is 0.321 e. The van der Waals surface area contributed by atoms with E-state index in [1.807, 2.05) is 17.0 Å². The van der Waals surface area contributed by atoms with Crippen LogP contribution in [-0.2, 0) is 0 Å². The average Bonchev–Trinajstić information content (AvgIpc) is 2.32. The molecule has 1 atom stereocenters. The minimum Gasteiger partial charge on any atom is -0.322 e. The predicted octanol–water partition coefficient (Wildman–Crippen LogP) is 2.51. The fourth-order valence-electron chi connectivity index (χ4n) is 2.00. The molecule has 0 aliphatic carbocycles. The highest BCUT2D eigenvalue weighted by atomic mass is 35.5. The zero-order chi connectivity index (χ0) is 13.1. The van der Waals surface area contributed by atoms with Crippen molar-refractivity contribution in [1.29, 1.82) is 0 Å². The van der Waals surface area contributed by atoms with Gasteiger partial charge in [0, 0.05) is 36.4 Å². The van der Waals surface area contributed by atoms with Gasteiger partial charge < -0.3 is 15.1 Å². The van der Waals surface area contributed by atoms with Gasteiger partial charge in [-0.05, 0) is 32.2 Å². The van der Waals surface area contributed by atoms with Gasteiger partial charge in [0.05, 0.1) is 0 Å². The second-order valence-corrected chi connectivity index (χ2v) is 5.15. The summed E-state index contributed by atoms with van der Waals surface area (Å²) in [7, 11) is 2.08. The van der Waals surface area contributed by atoms with Gasteiger partial charge in [0.2, 0.25) is 0 Å². The first-order chi connectivity index (χ1) is 8.56. The maximum atomic E-state index is 12.1. The Morgan fingerprint density at radius 1 is 1.44 bits per heavy atom. The molecule has 1 aromatic rings. The molecular weight excluding hydrogens is 250 g/mol. The van der Waals surface area contributed by atoms with Gasteiger partial charge in [-0.2, -0.15) is 0 Å². The van der Waals surface area contributed by atoms with E-state index in [-0.39, 0.29) is 6.03 Å². The van der Waals surface area contributed by atoms with E-state index in [1.165, 1.54) is 0 Å². The molecule has 0 aromatic heterocycles. The lowest BCUT2D eigenvalue weighted by molar-refractivity contribution is 0.125. The van der Waals surface area contributed by atoms with Gasteiger partial charge in [0.25, 0.3) is 0 Å². The van der Waals surface area contributed by atoms with Crippen molar-refractivity contribution in [2.24, 2.45) is 0 Å². The Kier molecular flexibility index (Phi) is 4.09. The van der Waals surface area contributed by atoms with Crippen molar-refractivity contribution < 1.29 is 4.79 Å². The number of carbonyl (C=O) groups is 1. The van der Waals surface area contributed by atoms with E-state index in [2.05, 4.69) is 24.2 Å². The summed E-state index contributed by atoms with van der Waals surface area (Å²) in [5, 5.41) is 3.50. The molecule has 1 aromatic carbocycles. The maximum absolute atomic E-state index is 12.1. The number of rotatable bonds is 1. The Hall–Kier alpha value is -1.26. The molecule has 1 saturated heterocycles. The van der Waals surface area contributed by atoms with E-state index < -0.39 is 0 Å². The highest BCUT2D eigenvalue weighted by Crippen LogP contribution is 2.16. The van der Waals surface area contributed by atoms with Crippen molar-refractivity contribution >= 4 is 23.3 Å². The highest BCUT2D eigenvalue weighted by Gasteiger charge is 2.24. The number of nitrogens with one attached hydrogen (secondary N) is 1. The third kappa shape index (κ3) is 3.15. The lowest BCUT2D eigenvalue weighted by atomic mass is 10.2. The molecule has 18 heavy (non-hydrogen) atoms. The van der Waals surface area contributed by atoms with Crippen LogP contribution in [-0.4, -0.2) is 48.6 Å². The van der Waals surface area contributed by atoms with E-state index >= 15 is 0 Å². The SMILES string of the molecule is CC1CN(C(=O)Nc2cccc(Cl)c2)CCN1C. The summed E-state index contributed by atoms with van der Waals surface area (Å²) in [5.74, 6) is 0. The second-order valence-electron chi connectivity index (χ2n) is 4.72. The molecule has 5 heteroatoms. The van der Waals surface area contributed by atoms with Crippen LogP contribution in [0.15, 0.2) is 24.3 Å². The van der Waals surface area contributed by atoms with Crippen LogP contribution < -0.4 is 5.32 Å². The van der Waals surface area contributed by atoms with Gasteiger partial charge in [-0.25, -0.2) is 4.79 Å². The fourth-order valence-corrected chi connectivity index (χ4v) is 2.19. The number of halogens is 1. The number of amides is 2. The smallest absolute Gasteiger partial charge is 0.321 e. The van der Waals surface area contributed by atoms with Crippen molar-refractivity contribution in [3.63, 3.8) is 0 Å². The first kappa shape index (κ1) is 13.2. The van der Waals surface area contributed by atoms with Crippen LogP contribution in [0.4, 0.5) is 10.5 Å². The van der Waals surface area contributed by atoms with Crippen LogP contribution in [0.5, 0.6) is 0 Å². The summed E-state index contributed by atoms with van der Waals surface area (Å²) in [6, 6.07) is 7.53. The molecule has 0 radical (unpaired) electrons. The van der Waals surface area contributed by atoms with Crippen LogP contribution in [0.2, 0.25) is 5.02 Å². The molecular formula is C13H18ClN3O. The fraction of sp³-hybridized carbons (Fsp3) is 0.462. The first-order valence-electron chi connectivity index (χ1n) is 6.08. The molecule has 0 spiro atoms. The highest BCUT2D eigenvalue weighted by molar-refractivity contribution is 6.30. The van der Waals surface area contributed by atoms with Crippen molar-refractivity contribution in [2.45, 2.75) is 13.0 Å². The van der Waals surface area contributed by atoms with Crippen LogP contribution in [0.1, 0.15) is 6.92 Å². The lowest BCUT2D eigenvalue weighted by Gasteiger charge is -2.37. The van der Waals surface area contributed by atoms with Crippen LogP contribution >= 0.6 is 11.6 Å². The molecule has 98 valence electrons. The summed E-state index contributed by atoms with van der Waals surface area (Å²) < 4.78 is 0. The third-order valence-corrected chi connectivity index (χ3v) is 3.56. The Morgan fingerprint density at radius 2 is 2.22 bits per heavy atom. The van der Waals surface area contributed by atoms with Crippen LogP contribution in [0.3, 0.4) is 0 Å². The summed E-state index contributed by atoms with van der Waals surface area (Å²) in [6.45, 7) is 4.54. The van der Waals surface area contributed by atoms with E-state index in [0.717, 1.165) is 25.3 Å². The van der Waals surface area contributed by atoms with Gasteiger partial charge in [-0.1, -0.05) is 17.7 Å². The van der Waals surface area contributed by atoms with Crippen molar-refractivity contribution in [3.8, 4) is 0 Å². The Labute approximate surface area is 113 Å². The van der Waals surface area contributed by atoms with Crippen LogP contribution in [0.25, 0.3) is 0 Å². The predicted molar refractivity (Wildman–Crippen MR) is 74.1 cm³/mol. The Balaban J connectivity index is 1.96. The first-order valence-corrected chi connectivity index (χ1v) is 6.46. The number of urea groups is 1. The van der Waals surface area contributed by atoms with Crippen molar-refractivity contribution in [2.75, 3.05) is 32.0 Å². The molecule has 1 aliphatic rings. The summed E-state index contributed by atoms with van der Waals surface area (Å²) >= 11 is 5.88. The molecule has 1 heterocycles. The van der Waals surface area contributed by atoms with E-state index in [1.54, 1.807) is 12.1 Å². The second kappa shape index (κ2) is 5.59. The number of nitrogens with zero attached hydrogens (tertiary/aromatic N) is 2. The molecule has 2 rings (SSSR count). The average molecular weight is 268 g/mol. The van der Waals surface area contributed by atoms with Crippen molar-refractivity contribution in [1.82, 2.24) is 9.80 Å². The van der Waals surface area contributed by atoms with Gasteiger partial charge >= 0.3 is 6.03 Å². The molecule has 1 unspecified atom stereocenters. The number of hydrogen-bond acceptors (Lipinski definition) is 2. The minimum atomic E-state index is -0.0581. The number of hydrogen-bond donors (Lipinski definition) is 1. The summed E-state index contributed by atoms with van der Waals surface area (Å²) in [6.07, 6.45) is 0. The number of piperazine rings is 1. The summed E-state index contributed by atoms with van der Waals surface area (Å²) in [4.78, 5) is 16.2. The normalized spacial score (nSPS) is 20.8. The van der Waals surface area contributed by atoms with Gasteiger partial charge in [-0.3, -0.25) is 0 Å².